The van der Waals surface area contributed by atoms with Crippen molar-refractivity contribution in [2.24, 2.45) is 17.8 Å². The molecule has 3 unspecified atom stereocenters. The first-order chi connectivity index (χ1) is 11.1. The summed E-state index contributed by atoms with van der Waals surface area (Å²) in [6.45, 7) is 6.49. The predicted octanol–water partition coefficient (Wildman–Crippen LogP) is 3.67. The molecule has 1 saturated heterocycles. The molecule has 0 bridgehead atoms. The number of carbonyl (C=O) groups excluding carboxylic acids is 1. The first-order valence-corrected chi connectivity index (χ1v) is 8.51. The van der Waals surface area contributed by atoms with Crippen LogP contribution in [0.25, 0.3) is 0 Å². The van der Waals surface area contributed by atoms with Gasteiger partial charge in [0.25, 0.3) is 0 Å². The second kappa shape index (κ2) is 6.00. The number of fused-ring (bicyclic) bond motifs is 1. The number of aliphatic hydroxyl groups is 1. The second-order valence-electron chi connectivity index (χ2n) is 7.37. The number of piperidine rings is 1. The molecule has 2 fully saturated rings. The maximum absolute atomic E-state index is 13.7. The largest absolute Gasteiger partial charge is 0.444 e. The first kappa shape index (κ1) is 17.7. The molecule has 1 aliphatic carbocycles. The van der Waals surface area contributed by atoms with E-state index in [0.29, 0.717) is 13.1 Å². The van der Waals surface area contributed by atoms with E-state index in [0.717, 1.165) is 0 Å². The molecule has 1 aliphatic heterocycles. The van der Waals surface area contributed by atoms with E-state index >= 15 is 0 Å². The van der Waals surface area contributed by atoms with Crippen LogP contribution < -0.4 is 0 Å². The molecule has 0 radical (unpaired) electrons. The average molecular weight is 377 g/mol. The van der Waals surface area contributed by atoms with E-state index in [4.69, 9.17) is 27.9 Å². The van der Waals surface area contributed by atoms with Gasteiger partial charge < -0.3 is 14.7 Å². The second-order valence-corrected chi connectivity index (χ2v) is 8.10. The standard InChI is InChI=1S/C16H19Cl2FN2O3/c1-16(2,3)24-15(23)21-5-8-9(6-21)10(8)13(22)7-4-20-14(18)12(19)11(7)17/h4,8-10,13,22H,5-6H2,1-3H3. The Morgan fingerprint density at radius 1 is 1.42 bits per heavy atom. The van der Waals surface area contributed by atoms with Crippen LogP contribution >= 0.6 is 23.2 Å². The molecule has 2 aliphatic rings. The van der Waals surface area contributed by atoms with Gasteiger partial charge in [-0.2, -0.15) is 0 Å². The number of rotatable bonds is 2. The summed E-state index contributed by atoms with van der Waals surface area (Å²) in [6, 6.07) is 0. The zero-order chi connectivity index (χ0) is 17.8. The van der Waals surface area contributed by atoms with Crippen molar-refractivity contribution in [2.45, 2.75) is 32.5 Å². The normalized spacial score (nSPS) is 27.0. The van der Waals surface area contributed by atoms with E-state index in [1.165, 1.54) is 6.20 Å². The van der Waals surface area contributed by atoms with Gasteiger partial charge in [-0.3, -0.25) is 0 Å². The molecular formula is C16H19Cl2FN2O3. The minimum absolute atomic E-state index is 0.0661. The van der Waals surface area contributed by atoms with Crippen LogP contribution in [0.5, 0.6) is 0 Å². The fourth-order valence-corrected chi connectivity index (χ4v) is 3.83. The molecule has 3 rings (SSSR count). The molecular weight excluding hydrogens is 358 g/mol. The van der Waals surface area contributed by atoms with Gasteiger partial charge >= 0.3 is 6.09 Å². The minimum Gasteiger partial charge on any atom is -0.444 e. The molecule has 1 aromatic rings. The van der Waals surface area contributed by atoms with Crippen LogP contribution in [0.1, 0.15) is 32.4 Å². The van der Waals surface area contributed by atoms with Crippen molar-refractivity contribution >= 4 is 29.3 Å². The SMILES string of the molecule is CC(C)(C)OC(=O)N1CC2C(C1)C2C(O)c1cnc(Cl)c(F)c1Cl. The van der Waals surface area contributed by atoms with Crippen LogP contribution in [-0.4, -0.2) is 39.8 Å². The molecule has 132 valence electrons. The lowest BCUT2D eigenvalue weighted by Crippen LogP contribution is -2.37. The minimum atomic E-state index is -0.924. The van der Waals surface area contributed by atoms with Gasteiger partial charge in [-0.25, -0.2) is 14.2 Å². The molecule has 3 atom stereocenters. The van der Waals surface area contributed by atoms with Crippen molar-refractivity contribution in [1.29, 1.82) is 0 Å². The first-order valence-electron chi connectivity index (χ1n) is 7.75. The highest BCUT2D eigenvalue weighted by Gasteiger charge is 2.60. The lowest BCUT2D eigenvalue weighted by Gasteiger charge is -2.26. The molecule has 8 heteroatoms. The van der Waals surface area contributed by atoms with Gasteiger partial charge in [0, 0.05) is 24.8 Å². The number of halogens is 3. The maximum Gasteiger partial charge on any atom is 0.410 e. The number of nitrogens with zero attached hydrogens (tertiary/aromatic N) is 2. The molecule has 1 aromatic heterocycles. The van der Waals surface area contributed by atoms with Gasteiger partial charge in [-0.15, -0.1) is 0 Å². The van der Waals surface area contributed by atoms with Crippen molar-refractivity contribution in [3.63, 3.8) is 0 Å². The Morgan fingerprint density at radius 2 is 2.00 bits per heavy atom. The Bertz CT molecular complexity index is 668. The van der Waals surface area contributed by atoms with Gasteiger partial charge in [-0.1, -0.05) is 23.2 Å². The summed E-state index contributed by atoms with van der Waals surface area (Å²) in [5.74, 6) is -0.579. The molecule has 1 N–H and O–H groups in total. The van der Waals surface area contributed by atoms with Crippen molar-refractivity contribution in [2.75, 3.05) is 13.1 Å². The number of ether oxygens (including phenoxy) is 1. The summed E-state index contributed by atoms with van der Waals surface area (Å²) in [5.41, 5.74) is -0.301. The van der Waals surface area contributed by atoms with Gasteiger partial charge in [0.1, 0.15) is 5.60 Å². The van der Waals surface area contributed by atoms with E-state index in [1.54, 1.807) is 4.90 Å². The number of amides is 1. The average Bonchev–Trinajstić information content (AvgIpc) is 2.96. The number of likely N-dealkylation sites (tertiary alicyclic amines) is 1. The van der Waals surface area contributed by atoms with Gasteiger partial charge in [0.2, 0.25) is 0 Å². The van der Waals surface area contributed by atoms with Crippen molar-refractivity contribution in [1.82, 2.24) is 9.88 Å². The van der Waals surface area contributed by atoms with Crippen LogP contribution in [0, 0.1) is 23.6 Å². The molecule has 24 heavy (non-hydrogen) atoms. The van der Waals surface area contributed by atoms with Crippen LogP contribution in [-0.2, 0) is 4.74 Å². The van der Waals surface area contributed by atoms with Crippen molar-refractivity contribution in [3.8, 4) is 0 Å². The topological polar surface area (TPSA) is 62.7 Å². The molecule has 0 spiro atoms. The third kappa shape index (κ3) is 3.19. The molecule has 5 nitrogen and oxygen atoms in total. The zero-order valence-corrected chi connectivity index (χ0v) is 15.1. The number of aliphatic hydroxyl groups excluding tert-OH is 1. The third-order valence-corrected chi connectivity index (χ3v) is 5.19. The van der Waals surface area contributed by atoms with Crippen molar-refractivity contribution in [3.05, 3.63) is 27.8 Å². The Labute approximate surface area is 149 Å². The third-order valence-electron chi connectivity index (χ3n) is 4.54. The Morgan fingerprint density at radius 3 is 2.54 bits per heavy atom. The lowest BCUT2D eigenvalue weighted by molar-refractivity contribution is 0.0241. The molecule has 0 aromatic carbocycles. The maximum atomic E-state index is 13.7. The number of pyridine rings is 1. The number of hydrogen-bond donors (Lipinski definition) is 1. The highest BCUT2D eigenvalue weighted by molar-refractivity contribution is 6.34. The van der Waals surface area contributed by atoms with Gasteiger partial charge in [0.15, 0.2) is 11.0 Å². The molecule has 1 saturated carbocycles. The smallest absolute Gasteiger partial charge is 0.410 e. The Balaban J connectivity index is 1.64. The zero-order valence-electron chi connectivity index (χ0n) is 13.6. The highest BCUT2D eigenvalue weighted by atomic mass is 35.5. The van der Waals surface area contributed by atoms with E-state index in [1.807, 2.05) is 20.8 Å². The van der Waals surface area contributed by atoms with Crippen LogP contribution in [0.15, 0.2) is 6.20 Å². The van der Waals surface area contributed by atoms with Gasteiger partial charge in [-0.05, 0) is 38.5 Å². The summed E-state index contributed by atoms with van der Waals surface area (Å²) < 4.78 is 19.1. The fraction of sp³-hybridized carbons (Fsp3) is 0.625. The predicted molar refractivity (Wildman–Crippen MR) is 87.5 cm³/mol. The summed E-state index contributed by atoms with van der Waals surface area (Å²) in [6.07, 6.45) is 0.0330. The summed E-state index contributed by atoms with van der Waals surface area (Å²) in [5, 5.41) is 9.99. The van der Waals surface area contributed by atoms with Crippen LogP contribution in [0.4, 0.5) is 9.18 Å². The highest BCUT2D eigenvalue weighted by Crippen LogP contribution is 2.58. The Hall–Kier alpha value is -1.11. The summed E-state index contributed by atoms with van der Waals surface area (Å²) in [7, 11) is 0. The van der Waals surface area contributed by atoms with E-state index in [-0.39, 0.29) is 39.6 Å². The van der Waals surface area contributed by atoms with E-state index in [9.17, 15) is 14.3 Å². The molecule has 1 amide bonds. The van der Waals surface area contributed by atoms with E-state index in [2.05, 4.69) is 4.98 Å². The lowest BCUT2D eigenvalue weighted by atomic mass is 10.0. The van der Waals surface area contributed by atoms with Crippen LogP contribution in [0.3, 0.4) is 0 Å². The number of hydrogen-bond acceptors (Lipinski definition) is 4. The Kier molecular flexibility index (Phi) is 4.43. The number of carbonyl (C=O) groups is 1. The number of aromatic nitrogens is 1. The monoisotopic (exact) mass is 376 g/mol. The van der Waals surface area contributed by atoms with Gasteiger partial charge in [0.05, 0.1) is 11.1 Å². The molecule has 2 heterocycles. The van der Waals surface area contributed by atoms with Crippen molar-refractivity contribution < 1.29 is 19.0 Å². The van der Waals surface area contributed by atoms with E-state index < -0.39 is 17.5 Å². The summed E-state index contributed by atoms with van der Waals surface area (Å²) >= 11 is 11.5. The van der Waals surface area contributed by atoms with Crippen LogP contribution in [0.2, 0.25) is 10.2 Å². The summed E-state index contributed by atoms with van der Waals surface area (Å²) in [4.78, 5) is 17.4. The quantitative estimate of drug-likeness (QED) is 0.799. The fourth-order valence-electron chi connectivity index (χ4n) is 3.39.